The minimum atomic E-state index is -4.79. The zero-order valence-electron chi connectivity index (χ0n) is 14.6. The van der Waals surface area contributed by atoms with Crippen LogP contribution in [0.1, 0.15) is 0 Å². The molecule has 0 bridgehead atoms. The van der Waals surface area contributed by atoms with E-state index in [0.717, 1.165) is 4.57 Å². The van der Waals surface area contributed by atoms with E-state index < -0.39 is 17.6 Å². The van der Waals surface area contributed by atoms with Crippen LogP contribution in [-0.4, -0.2) is 10.7 Å². The van der Waals surface area contributed by atoms with Crippen LogP contribution in [-0.2, 0) is 5.54 Å². The van der Waals surface area contributed by atoms with Gasteiger partial charge in [-0.15, -0.1) is 0 Å². The van der Waals surface area contributed by atoms with Crippen LogP contribution in [0.5, 0.6) is 5.75 Å². The summed E-state index contributed by atoms with van der Waals surface area (Å²) in [6.07, 6.45) is 0.551. The number of aromatic nitrogens is 1. The van der Waals surface area contributed by atoms with E-state index in [9.17, 15) is 18.4 Å². The van der Waals surface area contributed by atoms with Crippen molar-refractivity contribution in [1.29, 1.82) is 5.26 Å². The molecule has 1 heterocycles. The number of ether oxygens (including phenoxy) is 1. The molecular formula is C22H15F3N2O. The Bertz CT molecular complexity index is 1110. The van der Waals surface area contributed by atoms with Gasteiger partial charge < -0.3 is 9.30 Å². The Morgan fingerprint density at radius 1 is 1.00 bits per heavy atom. The molecule has 0 spiro atoms. The number of benzene rings is 2. The fourth-order valence-electron chi connectivity index (χ4n) is 3.65. The fourth-order valence-corrected chi connectivity index (χ4v) is 3.65. The molecular weight excluding hydrogens is 365 g/mol. The molecule has 0 N–H and O–H groups in total. The fraction of sp³-hybridized carbons (Fsp3) is 0.136. The van der Waals surface area contributed by atoms with Crippen LogP contribution in [0.15, 0.2) is 90.8 Å². The van der Waals surface area contributed by atoms with Crippen LogP contribution in [0.2, 0.25) is 0 Å². The second kappa shape index (κ2) is 6.61. The molecule has 140 valence electrons. The van der Waals surface area contributed by atoms with Crippen molar-refractivity contribution in [2.75, 3.05) is 0 Å². The normalized spacial score (nSPS) is 21.9. The SMILES string of the molecule is N#CC1C=CC=C(Oc2ccccc2)C1(n1ccc2ccccc21)C(F)(F)F. The average molecular weight is 380 g/mol. The third kappa shape index (κ3) is 2.59. The summed E-state index contributed by atoms with van der Waals surface area (Å²) in [5.74, 6) is -1.57. The Morgan fingerprint density at radius 3 is 2.43 bits per heavy atom. The van der Waals surface area contributed by atoms with Gasteiger partial charge in [0, 0.05) is 11.7 Å². The molecule has 1 aliphatic carbocycles. The van der Waals surface area contributed by atoms with Gasteiger partial charge in [0.2, 0.25) is 5.54 Å². The van der Waals surface area contributed by atoms with Gasteiger partial charge in [0.15, 0.2) is 0 Å². The summed E-state index contributed by atoms with van der Waals surface area (Å²) in [6.45, 7) is 0. The van der Waals surface area contributed by atoms with E-state index in [1.54, 1.807) is 60.7 Å². The monoisotopic (exact) mass is 380 g/mol. The topological polar surface area (TPSA) is 37.9 Å². The van der Waals surface area contributed by atoms with Crippen molar-refractivity contribution < 1.29 is 17.9 Å². The number of fused-ring (bicyclic) bond motifs is 1. The summed E-state index contributed by atoms with van der Waals surface area (Å²) in [5, 5.41) is 10.3. The zero-order valence-corrected chi connectivity index (χ0v) is 14.6. The maximum Gasteiger partial charge on any atom is 0.420 e. The molecule has 2 atom stereocenters. The lowest BCUT2D eigenvalue weighted by molar-refractivity contribution is -0.215. The molecule has 1 aliphatic rings. The van der Waals surface area contributed by atoms with Crippen LogP contribution in [0, 0.1) is 17.2 Å². The number of nitrogens with zero attached hydrogens (tertiary/aromatic N) is 2. The van der Waals surface area contributed by atoms with E-state index in [1.165, 1.54) is 24.4 Å². The van der Waals surface area contributed by atoms with Gasteiger partial charge in [0.05, 0.1) is 6.07 Å². The molecule has 0 fully saturated rings. The van der Waals surface area contributed by atoms with Crippen LogP contribution in [0.4, 0.5) is 13.2 Å². The highest BCUT2D eigenvalue weighted by Crippen LogP contribution is 2.51. The molecule has 3 aromatic rings. The Kier molecular flexibility index (Phi) is 4.23. The van der Waals surface area contributed by atoms with Gasteiger partial charge in [-0.1, -0.05) is 48.6 Å². The summed E-state index contributed by atoms with van der Waals surface area (Å²) in [6, 6.07) is 18.5. The first-order valence-electron chi connectivity index (χ1n) is 8.63. The Labute approximate surface area is 159 Å². The molecule has 6 heteroatoms. The van der Waals surface area contributed by atoms with E-state index in [-0.39, 0.29) is 11.5 Å². The first kappa shape index (κ1) is 17.9. The summed E-state index contributed by atoms with van der Waals surface area (Å²) >= 11 is 0. The van der Waals surface area contributed by atoms with Crippen molar-refractivity contribution in [3.8, 4) is 11.8 Å². The first-order chi connectivity index (χ1) is 13.5. The Hall–Kier alpha value is -3.46. The average Bonchev–Trinajstić information content (AvgIpc) is 3.12. The lowest BCUT2D eigenvalue weighted by atomic mass is 9.78. The highest BCUT2D eigenvalue weighted by Gasteiger charge is 2.65. The first-order valence-corrected chi connectivity index (χ1v) is 8.63. The molecule has 28 heavy (non-hydrogen) atoms. The molecule has 0 aliphatic heterocycles. The summed E-state index contributed by atoms with van der Waals surface area (Å²) in [5.41, 5.74) is -2.31. The zero-order chi connectivity index (χ0) is 19.8. The molecule has 1 aromatic heterocycles. The molecule has 0 radical (unpaired) electrons. The lowest BCUT2D eigenvalue weighted by Crippen LogP contribution is -2.55. The van der Waals surface area contributed by atoms with Crippen molar-refractivity contribution in [1.82, 2.24) is 4.57 Å². The highest BCUT2D eigenvalue weighted by atomic mass is 19.4. The Morgan fingerprint density at radius 2 is 1.71 bits per heavy atom. The van der Waals surface area contributed by atoms with Crippen molar-refractivity contribution in [3.63, 3.8) is 0 Å². The summed E-state index contributed by atoms with van der Waals surface area (Å²) in [4.78, 5) is 0. The molecule has 0 saturated carbocycles. The van der Waals surface area contributed by atoms with E-state index in [4.69, 9.17) is 4.74 Å². The predicted octanol–water partition coefficient (Wildman–Crippen LogP) is 5.57. The van der Waals surface area contributed by atoms with Crippen LogP contribution in [0.25, 0.3) is 10.9 Å². The second-order valence-electron chi connectivity index (χ2n) is 6.45. The van der Waals surface area contributed by atoms with Crippen LogP contribution in [0.3, 0.4) is 0 Å². The number of para-hydroxylation sites is 2. The largest absolute Gasteiger partial charge is 0.459 e. The second-order valence-corrected chi connectivity index (χ2v) is 6.45. The highest BCUT2D eigenvalue weighted by molar-refractivity contribution is 5.80. The van der Waals surface area contributed by atoms with Gasteiger partial charge >= 0.3 is 6.18 Å². The predicted molar refractivity (Wildman–Crippen MR) is 99.4 cm³/mol. The van der Waals surface area contributed by atoms with Crippen molar-refractivity contribution in [2.45, 2.75) is 11.7 Å². The molecule has 2 aromatic carbocycles. The molecule has 4 rings (SSSR count). The number of halogens is 3. The maximum atomic E-state index is 14.8. The van der Waals surface area contributed by atoms with E-state index in [0.29, 0.717) is 10.9 Å². The molecule has 2 unspecified atom stereocenters. The van der Waals surface area contributed by atoms with Gasteiger partial charge in [0.1, 0.15) is 17.4 Å². The van der Waals surface area contributed by atoms with Gasteiger partial charge in [-0.2, -0.15) is 18.4 Å². The van der Waals surface area contributed by atoms with Crippen molar-refractivity contribution >= 4 is 10.9 Å². The van der Waals surface area contributed by atoms with Crippen molar-refractivity contribution in [2.24, 2.45) is 5.92 Å². The molecule has 0 saturated heterocycles. The number of nitriles is 1. The standard InChI is InChI=1S/C22H15F3N2O/c23-22(24,25)21(27-14-13-16-7-4-5-11-19(16)27)17(15-26)8-6-12-20(21)28-18-9-2-1-3-10-18/h1-14,17H. The smallest absolute Gasteiger partial charge is 0.420 e. The van der Waals surface area contributed by atoms with Gasteiger partial charge in [-0.05, 0) is 35.7 Å². The number of hydrogen-bond acceptors (Lipinski definition) is 2. The molecule has 3 nitrogen and oxygen atoms in total. The van der Waals surface area contributed by atoms with E-state index >= 15 is 0 Å². The van der Waals surface area contributed by atoms with Gasteiger partial charge in [-0.25, -0.2) is 0 Å². The number of rotatable bonds is 3. The summed E-state index contributed by atoms with van der Waals surface area (Å²) < 4.78 is 51.1. The summed E-state index contributed by atoms with van der Waals surface area (Å²) in [7, 11) is 0. The van der Waals surface area contributed by atoms with E-state index in [2.05, 4.69) is 0 Å². The van der Waals surface area contributed by atoms with E-state index in [1.807, 2.05) is 6.07 Å². The molecule has 0 amide bonds. The number of alkyl halides is 3. The third-order valence-corrected chi connectivity index (χ3v) is 4.90. The maximum absolute atomic E-state index is 14.8. The minimum absolute atomic E-state index is 0.269. The minimum Gasteiger partial charge on any atom is -0.459 e. The van der Waals surface area contributed by atoms with Crippen molar-refractivity contribution in [3.05, 3.63) is 90.8 Å². The lowest BCUT2D eigenvalue weighted by Gasteiger charge is -2.42. The quantitative estimate of drug-likeness (QED) is 0.596. The Balaban J connectivity index is 2.00. The third-order valence-electron chi connectivity index (χ3n) is 4.90. The van der Waals surface area contributed by atoms with Gasteiger partial charge in [0.25, 0.3) is 0 Å². The number of allylic oxidation sites excluding steroid dienone is 4. The van der Waals surface area contributed by atoms with Crippen LogP contribution < -0.4 is 4.74 Å². The number of hydrogen-bond donors (Lipinski definition) is 0. The van der Waals surface area contributed by atoms with Gasteiger partial charge in [-0.3, -0.25) is 0 Å². The van der Waals surface area contributed by atoms with Crippen LogP contribution >= 0.6 is 0 Å².